The van der Waals surface area contributed by atoms with Gasteiger partial charge < -0.3 is 9.80 Å². The van der Waals surface area contributed by atoms with Gasteiger partial charge in [-0.15, -0.1) is 0 Å². The van der Waals surface area contributed by atoms with Crippen molar-refractivity contribution in [2.75, 3.05) is 36.0 Å². The number of nitrogens with zero attached hydrogens (tertiary/aromatic N) is 4. The number of hydrogen-bond acceptors (Lipinski definition) is 5. The summed E-state index contributed by atoms with van der Waals surface area (Å²) in [5.41, 5.74) is 3.48. The van der Waals surface area contributed by atoms with E-state index in [1.807, 2.05) is 48.8 Å². The Morgan fingerprint density at radius 3 is 2.27 bits per heavy atom. The molecule has 0 N–H and O–H groups in total. The summed E-state index contributed by atoms with van der Waals surface area (Å²) in [6.45, 7) is 6.76. The molecule has 30 heavy (non-hydrogen) atoms. The summed E-state index contributed by atoms with van der Waals surface area (Å²) in [7, 11) is 0. The van der Waals surface area contributed by atoms with E-state index in [2.05, 4.69) is 19.8 Å². The van der Waals surface area contributed by atoms with Gasteiger partial charge in [0.25, 0.3) is 5.91 Å². The Balaban J connectivity index is 1.54. The SMILES string of the molecule is CC=NC(=O)c1ccc2cncc(N3CCN(c4ccc(C(C)=O)cc4)CC3)c2c1. The molecule has 1 fully saturated rings. The van der Waals surface area contributed by atoms with Crippen LogP contribution in [0.1, 0.15) is 34.6 Å². The first kappa shape index (κ1) is 19.8. The number of aliphatic imine (C=N–C) groups is 1. The molecule has 0 bridgehead atoms. The first-order chi connectivity index (χ1) is 14.6. The van der Waals surface area contributed by atoms with Gasteiger partial charge in [-0.1, -0.05) is 6.07 Å². The fraction of sp³-hybridized carbons (Fsp3) is 0.250. The summed E-state index contributed by atoms with van der Waals surface area (Å²) in [5, 5.41) is 2.02. The number of fused-ring (bicyclic) bond motifs is 1. The van der Waals surface area contributed by atoms with Gasteiger partial charge in [-0.25, -0.2) is 4.99 Å². The number of piperazine rings is 1. The zero-order valence-electron chi connectivity index (χ0n) is 17.2. The molecule has 1 amide bonds. The van der Waals surface area contributed by atoms with Crippen LogP contribution in [0.15, 0.2) is 59.9 Å². The molecule has 0 atom stereocenters. The molecule has 1 aliphatic heterocycles. The largest absolute Gasteiger partial charge is 0.368 e. The van der Waals surface area contributed by atoms with Crippen LogP contribution < -0.4 is 9.80 Å². The van der Waals surface area contributed by atoms with E-state index < -0.39 is 0 Å². The monoisotopic (exact) mass is 400 g/mol. The second kappa shape index (κ2) is 8.45. The standard InChI is InChI=1S/C24H24N4O2/c1-3-26-24(30)19-4-5-20-15-25-16-23(22(20)14-19)28-12-10-27(11-13-28)21-8-6-18(7-9-21)17(2)29/h3-9,14-16H,10-13H2,1-2H3. The highest BCUT2D eigenvalue weighted by atomic mass is 16.1. The number of hydrogen-bond donors (Lipinski definition) is 0. The highest BCUT2D eigenvalue weighted by molar-refractivity contribution is 6.04. The molecule has 4 rings (SSSR count). The Morgan fingerprint density at radius 1 is 0.933 bits per heavy atom. The van der Waals surface area contributed by atoms with E-state index in [9.17, 15) is 9.59 Å². The molecule has 1 aliphatic rings. The predicted molar refractivity (Wildman–Crippen MR) is 121 cm³/mol. The van der Waals surface area contributed by atoms with E-state index in [-0.39, 0.29) is 11.7 Å². The fourth-order valence-electron chi connectivity index (χ4n) is 3.84. The van der Waals surface area contributed by atoms with Crippen molar-refractivity contribution in [1.29, 1.82) is 0 Å². The average Bonchev–Trinajstić information content (AvgIpc) is 2.78. The van der Waals surface area contributed by atoms with Gasteiger partial charge in [0, 0.05) is 66.2 Å². The Morgan fingerprint density at radius 2 is 1.60 bits per heavy atom. The van der Waals surface area contributed by atoms with Crippen LogP contribution in [0.5, 0.6) is 0 Å². The molecule has 6 nitrogen and oxygen atoms in total. The third kappa shape index (κ3) is 3.94. The summed E-state index contributed by atoms with van der Waals surface area (Å²) in [6.07, 6.45) is 5.21. The lowest BCUT2D eigenvalue weighted by Crippen LogP contribution is -2.46. The molecule has 0 spiro atoms. The third-order valence-electron chi connectivity index (χ3n) is 5.49. The van der Waals surface area contributed by atoms with Gasteiger partial charge in [0.15, 0.2) is 5.78 Å². The van der Waals surface area contributed by atoms with Gasteiger partial charge in [-0.05, 0) is 50.2 Å². The molecule has 0 saturated carbocycles. The van der Waals surface area contributed by atoms with Crippen molar-refractivity contribution in [2.45, 2.75) is 13.8 Å². The molecule has 6 heteroatoms. The number of rotatable bonds is 4. The first-order valence-corrected chi connectivity index (χ1v) is 10.1. The van der Waals surface area contributed by atoms with Crippen LogP contribution >= 0.6 is 0 Å². The minimum Gasteiger partial charge on any atom is -0.368 e. The second-order valence-corrected chi connectivity index (χ2v) is 7.36. The summed E-state index contributed by atoms with van der Waals surface area (Å²) in [5.74, 6) is -0.154. The lowest BCUT2D eigenvalue weighted by Gasteiger charge is -2.37. The topological polar surface area (TPSA) is 65.9 Å². The molecule has 3 aromatic rings. The molecule has 0 aliphatic carbocycles. The molecule has 152 valence electrons. The molecule has 2 aromatic carbocycles. The van der Waals surface area contributed by atoms with E-state index in [0.717, 1.165) is 53.9 Å². The Kier molecular flexibility index (Phi) is 5.57. The van der Waals surface area contributed by atoms with Crippen LogP contribution in [0, 0.1) is 0 Å². The smallest absolute Gasteiger partial charge is 0.276 e. The van der Waals surface area contributed by atoms with Crippen molar-refractivity contribution in [2.24, 2.45) is 4.99 Å². The molecular formula is C24H24N4O2. The molecule has 1 saturated heterocycles. The number of anilines is 2. The van der Waals surface area contributed by atoms with Crippen molar-refractivity contribution >= 4 is 40.1 Å². The number of benzene rings is 2. The predicted octanol–water partition coefficient (Wildman–Crippen LogP) is 3.99. The van der Waals surface area contributed by atoms with Gasteiger partial charge in [-0.2, -0.15) is 0 Å². The second-order valence-electron chi connectivity index (χ2n) is 7.36. The third-order valence-corrected chi connectivity index (χ3v) is 5.49. The number of pyridine rings is 1. The lowest BCUT2D eigenvalue weighted by molar-refractivity contribution is 0.0998. The van der Waals surface area contributed by atoms with Crippen LogP contribution in [0.25, 0.3) is 10.8 Å². The number of ketones is 1. The van der Waals surface area contributed by atoms with Gasteiger partial charge in [0.05, 0.1) is 11.9 Å². The number of carbonyl (C=O) groups excluding carboxylic acids is 2. The number of amides is 1. The zero-order chi connectivity index (χ0) is 21.1. The van der Waals surface area contributed by atoms with E-state index in [0.29, 0.717) is 5.56 Å². The highest BCUT2D eigenvalue weighted by Gasteiger charge is 2.20. The summed E-state index contributed by atoms with van der Waals surface area (Å²) in [4.78, 5) is 36.6. The van der Waals surface area contributed by atoms with Gasteiger partial charge >= 0.3 is 0 Å². The number of carbonyl (C=O) groups is 2. The minimum absolute atomic E-state index is 0.0808. The maximum Gasteiger partial charge on any atom is 0.276 e. The van der Waals surface area contributed by atoms with Crippen LogP contribution in [0.3, 0.4) is 0 Å². The van der Waals surface area contributed by atoms with E-state index in [1.165, 1.54) is 6.21 Å². The summed E-state index contributed by atoms with van der Waals surface area (Å²) in [6, 6.07) is 13.4. The van der Waals surface area contributed by atoms with E-state index in [1.54, 1.807) is 19.9 Å². The Labute approximate surface area is 175 Å². The van der Waals surface area contributed by atoms with Crippen molar-refractivity contribution < 1.29 is 9.59 Å². The first-order valence-electron chi connectivity index (χ1n) is 10.1. The molecule has 2 heterocycles. The molecular weight excluding hydrogens is 376 g/mol. The maximum absolute atomic E-state index is 12.2. The van der Waals surface area contributed by atoms with Crippen molar-refractivity contribution in [3.05, 3.63) is 66.0 Å². The van der Waals surface area contributed by atoms with Crippen LogP contribution in [-0.2, 0) is 0 Å². The molecule has 0 radical (unpaired) electrons. The van der Waals surface area contributed by atoms with Crippen molar-refractivity contribution in [3.8, 4) is 0 Å². The van der Waals surface area contributed by atoms with E-state index >= 15 is 0 Å². The van der Waals surface area contributed by atoms with Gasteiger partial charge in [0.1, 0.15) is 0 Å². The Hall–Kier alpha value is -3.54. The van der Waals surface area contributed by atoms with Crippen molar-refractivity contribution in [3.63, 3.8) is 0 Å². The zero-order valence-corrected chi connectivity index (χ0v) is 17.2. The normalized spacial score (nSPS) is 14.5. The van der Waals surface area contributed by atoms with Crippen LogP contribution in [0.2, 0.25) is 0 Å². The van der Waals surface area contributed by atoms with Crippen LogP contribution in [-0.4, -0.2) is 49.1 Å². The maximum atomic E-state index is 12.2. The van der Waals surface area contributed by atoms with Crippen molar-refractivity contribution in [1.82, 2.24) is 4.98 Å². The average molecular weight is 400 g/mol. The Bertz CT molecular complexity index is 1110. The minimum atomic E-state index is -0.235. The molecule has 0 unspecified atom stereocenters. The quantitative estimate of drug-likeness (QED) is 0.489. The number of aromatic nitrogens is 1. The number of Topliss-reactive ketones (excluding diaryl/α,β-unsaturated/α-hetero) is 1. The van der Waals surface area contributed by atoms with E-state index in [4.69, 9.17) is 0 Å². The van der Waals surface area contributed by atoms with Gasteiger partial charge in [-0.3, -0.25) is 14.6 Å². The van der Waals surface area contributed by atoms with Gasteiger partial charge in [0.2, 0.25) is 0 Å². The highest BCUT2D eigenvalue weighted by Crippen LogP contribution is 2.29. The fourth-order valence-corrected chi connectivity index (χ4v) is 3.84. The molecule has 1 aromatic heterocycles. The lowest BCUT2D eigenvalue weighted by atomic mass is 10.1. The van der Waals surface area contributed by atoms with Crippen LogP contribution in [0.4, 0.5) is 11.4 Å². The summed E-state index contributed by atoms with van der Waals surface area (Å²) >= 11 is 0. The summed E-state index contributed by atoms with van der Waals surface area (Å²) < 4.78 is 0.